The average molecular weight is 619 g/mol. The topological polar surface area (TPSA) is 96.0 Å². The number of fused-ring (bicyclic) bond motifs is 1. The molecule has 1 N–H and O–H groups in total. The molecule has 0 aromatic heterocycles. The number of halogens is 1. The predicted molar refractivity (Wildman–Crippen MR) is 159 cm³/mol. The Morgan fingerprint density at radius 1 is 0.927 bits per heavy atom. The molecule has 0 radical (unpaired) electrons. The molecule has 2 heterocycles. The van der Waals surface area contributed by atoms with Gasteiger partial charge < -0.3 is 10.1 Å². The van der Waals surface area contributed by atoms with Crippen LogP contribution in [-0.4, -0.2) is 46.9 Å². The number of nitrogens with zero attached hydrogens (tertiary/aromatic N) is 2. The normalized spacial score (nSPS) is 18.5. The van der Waals surface area contributed by atoms with Gasteiger partial charge in [-0.25, -0.2) is 9.69 Å². The van der Waals surface area contributed by atoms with Crippen molar-refractivity contribution < 1.29 is 23.9 Å². The summed E-state index contributed by atoms with van der Waals surface area (Å²) >= 11 is 3.45. The van der Waals surface area contributed by atoms with Crippen molar-refractivity contribution in [2.24, 2.45) is 0 Å². The lowest BCUT2D eigenvalue weighted by atomic mass is 10.0. The van der Waals surface area contributed by atoms with Crippen LogP contribution < -0.4 is 10.2 Å². The first-order valence-corrected chi connectivity index (χ1v) is 14.3. The summed E-state index contributed by atoms with van der Waals surface area (Å²) in [6.45, 7) is 9.46. The van der Waals surface area contributed by atoms with Gasteiger partial charge in [-0.05, 0) is 94.1 Å². The van der Waals surface area contributed by atoms with E-state index in [-0.39, 0.29) is 41.2 Å². The molecule has 1 saturated heterocycles. The first kappa shape index (κ1) is 28.5. The number of anilines is 1. The number of hydrogen-bond acceptors (Lipinski definition) is 5. The molecule has 3 aromatic carbocycles. The molecule has 212 valence electrons. The maximum absolute atomic E-state index is 13.4. The van der Waals surface area contributed by atoms with E-state index in [1.54, 1.807) is 11.0 Å². The van der Waals surface area contributed by atoms with Gasteiger partial charge in [-0.2, -0.15) is 0 Å². The van der Waals surface area contributed by atoms with Gasteiger partial charge in [0, 0.05) is 22.6 Å². The van der Waals surface area contributed by atoms with Crippen molar-refractivity contribution >= 4 is 45.4 Å². The van der Waals surface area contributed by atoms with Gasteiger partial charge in [0.1, 0.15) is 5.60 Å². The second-order valence-corrected chi connectivity index (χ2v) is 12.5. The van der Waals surface area contributed by atoms with Crippen LogP contribution in [0, 0.1) is 13.8 Å². The number of aryl methyl sites for hydroxylation is 2. The van der Waals surface area contributed by atoms with Crippen molar-refractivity contribution in [2.75, 3.05) is 11.4 Å². The van der Waals surface area contributed by atoms with Gasteiger partial charge in [0.2, 0.25) is 0 Å². The number of benzene rings is 3. The zero-order valence-electron chi connectivity index (χ0n) is 23.7. The van der Waals surface area contributed by atoms with Crippen molar-refractivity contribution in [1.29, 1.82) is 0 Å². The predicted octanol–water partition coefficient (Wildman–Crippen LogP) is 6.35. The zero-order chi connectivity index (χ0) is 29.6. The van der Waals surface area contributed by atoms with Crippen LogP contribution in [0.3, 0.4) is 0 Å². The molecule has 4 amide bonds. The minimum atomic E-state index is -0.665. The summed E-state index contributed by atoms with van der Waals surface area (Å²) in [5.74, 6) is -1.25. The third-order valence-electron chi connectivity index (χ3n) is 7.27. The van der Waals surface area contributed by atoms with E-state index in [0.29, 0.717) is 12.1 Å². The number of ether oxygens (including phenoxy) is 1. The van der Waals surface area contributed by atoms with Crippen LogP contribution in [0.1, 0.15) is 81.0 Å². The molecule has 3 aromatic rings. The van der Waals surface area contributed by atoms with E-state index in [9.17, 15) is 19.2 Å². The van der Waals surface area contributed by atoms with E-state index >= 15 is 0 Å². The van der Waals surface area contributed by atoms with Crippen molar-refractivity contribution in [3.05, 3.63) is 98.5 Å². The monoisotopic (exact) mass is 617 g/mol. The molecular weight excluding hydrogens is 586 g/mol. The Labute approximate surface area is 247 Å². The summed E-state index contributed by atoms with van der Waals surface area (Å²) in [5, 5.41) is 3.02. The minimum absolute atomic E-state index is 0.193. The van der Waals surface area contributed by atoms with Crippen molar-refractivity contribution in [2.45, 2.75) is 58.7 Å². The number of carbonyl (C=O) groups is 4. The summed E-state index contributed by atoms with van der Waals surface area (Å²) in [7, 11) is 0. The van der Waals surface area contributed by atoms with Gasteiger partial charge in [0.25, 0.3) is 17.7 Å². The highest BCUT2D eigenvalue weighted by atomic mass is 79.9. The van der Waals surface area contributed by atoms with Crippen LogP contribution in [0.5, 0.6) is 0 Å². The standard InChI is InChI=1S/C32H32BrN3O5/c1-18-6-7-19(2)26(14-18)36-29(38)24-13-10-21(15-25(24)30(36)39)28(37)34-23-16-27(20-8-11-22(33)12-9-20)35(17-23)31(40)41-32(3,4)5/h6-15,23,27H,16-17H2,1-5H3,(H,34,37). The average Bonchev–Trinajstić information content (AvgIpc) is 3.43. The quantitative estimate of drug-likeness (QED) is 0.344. The lowest BCUT2D eigenvalue weighted by molar-refractivity contribution is 0.0220. The number of likely N-dealkylation sites (tertiary alicyclic amines) is 1. The van der Waals surface area contributed by atoms with Crippen molar-refractivity contribution in [1.82, 2.24) is 10.2 Å². The molecule has 0 aliphatic carbocycles. The highest BCUT2D eigenvalue weighted by Crippen LogP contribution is 2.35. The minimum Gasteiger partial charge on any atom is -0.444 e. The second-order valence-electron chi connectivity index (χ2n) is 11.6. The molecule has 5 rings (SSSR count). The number of imide groups is 1. The summed E-state index contributed by atoms with van der Waals surface area (Å²) < 4.78 is 6.59. The number of nitrogens with one attached hydrogen (secondary N) is 1. The second kappa shape index (κ2) is 10.8. The Morgan fingerprint density at radius 2 is 1.61 bits per heavy atom. The Hall–Kier alpha value is -3.98. The van der Waals surface area contributed by atoms with Crippen LogP contribution in [0.4, 0.5) is 10.5 Å². The summed E-state index contributed by atoms with van der Waals surface area (Å²) in [6.07, 6.45) is 0.0467. The molecule has 1 fully saturated rings. The van der Waals surface area contributed by atoms with E-state index in [4.69, 9.17) is 4.74 Å². The van der Waals surface area contributed by atoms with Gasteiger partial charge in [0.15, 0.2) is 0 Å². The Morgan fingerprint density at radius 3 is 2.29 bits per heavy atom. The SMILES string of the molecule is Cc1ccc(C)c(N2C(=O)c3ccc(C(=O)NC4CC(c5ccc(Br)cc5)N(C(=O)OC(C)(C)C)C4)cc3C2=O)c1. The van der Waals surface area contributed by atoms with Crippen LogP contribution in [0.2, 0.25) is 0 Å². The fourth-order valence-corrected chi connectivity index (χ4v) is 5.56. The highest BCUT2D eigenvalue weighted by Gasteiger charge is 2.40. The number of hydrogen-bond donors (Lipinski definition) is 1. The molecule has 0 bridgehead atoms. The van der Waals surface area contributed by atoms with Crippen molar-refractivity contribution in [3.8, 4) is 0 Å². The van der Waals surface area contributed by atoms with E-state index in [0.717, 1.165) is 21.2 Å². The summed E-state index contributed by atoms with van der Waals surface area (Å²) in [6, 6.07) is 17.3. The number of amides is 4. The molecule has 2 aliphatic heterocycles. The number of rotatable bonds is 4. The van der Waals surface area contributed by atoms with Crippen LogP contribution >= 0.6 is 15.9 Å². The lowest BCUT2D eigenvalue weighted by Crippen LogP contribution is -2.40. The first-order valence-electron chi connectivity index (χ1n) is 13.5. The van der Waals surface area contributed by atoms with Crippen molar-refractivity contribution in [3.63, 3.8) is 0 Å². The Balaban J connectivity index is 1.36. The van der Waals surface area contributed by atoms with Gasteiger partial charge >= 0.3 is 6.09 Å². The first-order chi connectivity index (χ1) is 19.3. The fourth-order valence-electron chi connectivity index (χ4n) is 5.29. The van der Waals surface area contributed by atoms with E-state index in [1.165, 1.54) is 17.0 Å². The van der Waals surface area contributed by atoms with Crippen LogP contribution in [0.25, 0.3) is 0 Å². The van der Waals surface area contributed by atoms with Gasteiger partial charge in [0.05, 0.1) is 22.9 Å². The molecule has 41 heavy (non-hydrogen) atoms. The van der Waals surface area contributed by atoms with Gasteiger partial charge in [-0.1, -0.05) is 40.2 Å². The zero-order valence-corrected chi connectivity index (χ0v) is 25.2. The molecular formula is C32H32BrN3O5. The van der Waals surface area contributed by atoms with E-state index < -0.39 is 23.5 Å². The molecule has 8 nitrogen and oxygen atoms in total. The Kier molecular flexibility index (Phi) is 7.50. The maximum Gasteiger partial charge on any atom is 0.410 e. The Bertz CT molecular complexity index is 1560. The molecule has 2 atom stereocenters. The molecule has 0 saturated carbocycles. The molecule has 9 heteroatoms. The summed E-state index contributed by atoms with van der Waals surface area (Å²) in [5.41, 5.74) is 3.27. The smallest absolute Gasteiger partial charge is 0.410 e. The molecule has 0 spiro atoms. The summed E-state index contributed by atoms with van der Waals surface area (Å²) in [4.78, 5) is 55.8. The third kappa shape index (κ3) is 5.77. The third-order valence-corrected chi connectivity index (χ3v) is 7.80. The van der Waals surface area contributed by atoms with Gasteiger partial charge in [-0.15, -0.1) is 0 Å². The fraction of sp³-hybridized carbons (Fsp3) is 0.312. The number of carbonyl (C=O) groups excluding carboxylic acids is 4. The molecule has 2 unspecified atom stereocenters. The largest absolute Gasteiger partial charge is 0.444 e. The molecule has 2 aliphatic rings. The lowest BCUT2D eigenvalue weighted by Gasteiger charge is -2.28. The van der Waals surface area contributed by atoms with Crippen LogP contribution in [-0.2, 0) is 4.74 Å². The maximum atomic E-state index is 13.4. The van der Waals surface area contributed by atoms with Crippen LogP contribution in [0.15, 0.2) is 65.1 Å². The highest BCUT2D eigenvalue weighted by molar-refractivity contribution is 9.10. The van der Waals surface area contributed by atoms with E-state index in [1.807, 2.05) is 77.1 Å². The van der Waals surface area contributed by atoms with Gasteiger partial charge in [-0.3, -0.25) is 19.3 Å². The van der Waals surface area contributed by atoms with E-state index in [2.05, 4.69) is 21.2 Å².